The van der Waals surface area contributed by atoms with Gasteiger partial charge in [-0.1, -0.05) is 11.6 Å². The van der Waals surface area contributed by atoms with Crippen molar-refractivity contribution >= 4 is 47.1 Å². The zero-order valence-electron chi connectivity index (χ0n) is 15.0. The Morgan fingerprint density at radius 2 is 2.18 bits per heavy atom. The molecule has 0 bridgehead atoms. The van der Waals surface area contributed by atoms with Gasteiger partial charge in [-0.15, -0.1) is 11.8 Å². The topological polar surface area (TPSA) is 131 Å². The lowest BCUT2D eigenvalue weighted by Crippen LogP contribution is -2.70. The van der Waals surface area contributed by atoms with Crippen molar-refractivity contribution in [1.29, 1.82) is 0 Å². The van der Waals surface area contributed by atoms with Crippen molar-refractivity contribution in [3.63, 3.8) is 0 Å². The standard InChI is InChI=1S/C16H17ClN4O6S/c1-3-20-4-9(17)10(19-20)13(23)18-11-14(24)21-12(16(25)26)8(5-27-7(2)22)6-28-15(11)21/h4,11,15H,3,5-6H2,1-2H3,(H,18,23)(H,25,26)/t11-,15+/m1/s1. The average Bonchev–Trinajstić information content (AvgIpc) is 3.04. The van der Waals surface area contributed by atoms with E-state index in [1.165, 1.54) is 29.6 Å². The number of carbonyl (C=O) groups excluding carboxylic acids is 3. The minimum atomic E-state index is -1.30. The van der Waals surface area contributed by atoms with Crippen LogP contribution in [0.2, 0.25) is 5.02 Å². The highest BCUT2D eigenvalue weighted by Gasteiger charge is 2.54. The van der Waals surface area contributed by atoms with Crippen LogP contribution in [-0.4, -0.2) is 67.3 Å². The summed E-state index contributed by atoms with van der Waals surface area (Å²) in [5, 5.41) is 15.7. The first-order valence-corrected chi connectivity index (χ1v) is 9.74. The highest BCUT2D eigenvalue weighted by atomic mass is 35.5. The summed E-state index contributed by atoms with van der Waals surface area (Å²) in [7, 11) is 0. The van der Waals surface area contributed by atoms with Crippen molar-refractivity contribution < 1.29 is 29.0 Å². The molecule has 150 valence electrons. The number of aryl methyl sites for hydroxylation is 1. The van der Waals surface area contributed by atoms with Crippen molar-refractivity contribution in [1.82, 2.24) is 20.0 Å². The summed E-state index contributed by atoms with van der Waals surface area (Å²) >= 11 is 7.29. The largest absolute Gasteiger partial charge is 0.477 e. The van der Waals surface area contributed by atoms with E-state index < -0.39 is 35.2 Å². The van der Waals surface area contributed by atoms with E-state index in [1.807, 2.05) is 6.92 Å². The molecule has 28 heavy (non-hydrogen) atoms. The fraction of sp³-hybridized carbons (Fsp3) is 0.438. The van der Waals surface area contributed by atoms with Gasteiger partial charge in [0.1, 0.15) is 23.7 Å². The summed E-state index contributed by atoms with van der Waals surface area (Å²) < 4.78 is 6.37. The number of nitrogens with one attached hydrogen (secondary N) is 1. The molecular weight excluding hydrogens is 412 g/mol. The summed E-state index contributed by atoms with van der Waals surface area (Å²) in [6.45, 7) is 3.37. The first kappa shape index (κ1) is 20.2. The molecule has 2 amide bonds. The van der Waals surface area contributed by atoms with Gasteiger partial charge in [-0.3, -0.25) is 24.0 Å². The van der Waals surface area contributed by atoms with Gasteiger partial charge in [0.2, 0.25) is 0 Å². The van der Waals surface area contributed by atoms with Crippen molar-refractivity contribution in [2.45, 2.75) is 31.8 Å². The molecule has 1 fully saturated rings. The average molecular weight is 429 g/mol. The number of nitrogens with zero attached hydrogens (tertiary/aromatic N) is 3. The van der Waals surface area contributed by atoms with Gasteiger partial charge in [-0.25, -0.2) is 4.79 Å². The van der Waals surface area contributed by atoms with Crippen molar-refractivity contribution in [2.75, 3.05) is 12.4 Å². The zero-order valence-corrected chi connectivity index (χ0v) is 16.5. The zero-order chi connectivity index (χ0) is 20.6. The molecule has 0 radical (unpaired) electrons. The Labute approximate surface area is 168 Å². The maximum atomic E-state index is 12.5. The number of aromatic nitrogens is 2. The Bertz CT molecular complexity index is 898. The van der Waals surface area contributed by atoms with Crippen LogP contribution in [0.25, 0.3) is 0 Å². The van der Waals surface area contributed by atoms with Crippen LogP contribution in [0, 0.1) is 0 Å². The van der Waals surface area contributed by atoms with E-state index in [2.05, 4.69) is 10.4 Å². The molecular formula is C16H17ClN4O6S. The molecule has 3 heterocycles. The van der Waals surface area contributed by atoms with E-state index in [1.54, 1.807) is 0 Å². The molecule has 1 saturated heterocycles. The SMILES string of the molecule is CCn1cc(Cl)c(C(=O)N[C@@H]2C(=O)N3C(C(=O)O)=C(COC(C)=O)CS[C@@H]23)n1. The number of fused-ring (bicyclic) bond motifs is 1. The minimum Gasteiger partial charge on any atom is -0.477 e. The molecule has 0 saturated carbocycles. The molecule has 0 aromatic carbocycles. The van der Waals surface area contributed by atoms with Gasteiger partial charge in [-0.2, -0.15) is 5.10 Å². The van der Waals surface area contributed by atoms with E-state index in [9.17, 15) is 24.3 Å². The van der Waals surface area contributed by atoms with Gasteiger partial charge in [0.25, 0.3) is 11.8 Å². The molecule has 1 aromatic rings. The van der Waals surface area contributed by atoms with Crippen LogP contribution < -0.4 is 5.32 Å². The first-order chi connectivity index (χ1) is 13.2. The van der Waals surface area contributed by atoms with E-state index in [0.29, 0.717) is 12.1 Å². The summed E-state index contributed by atoms with van der Waals surface area (Å²) in [5.41, 5.74) is 0.112. The highest BCUT2D eigenvalue weighted by molar-refractivity contribution is 8.00. The van der Waals surface area contributed by atoms with Crippen molar-refractivity contribution in [3.05, 3.63) is 28.2 Å². The lowest BCUT2D eigenvalue weighted by Gasteiger charge is -2.49. The number of β-lactam (4-membered cyclic amide) rings is 1. The predicted molar refractivity (Wildman–Crippen MR) is 98.6 cm³/mol. The quantitative estimate of drug-likeness (QED) is 0.494. The third kappa shape index (κ3) is 3.59. The monoisotopic (exact) mass is 428 g/mol. The van der Waals surface area contributed by atoms with E-state index in [-0.39, 0.29) is 28.8 Å². The number of hydrogen-bond donors (Lipinski definition) is 2. The molecule has 0 unspecified atom stereocenters. The summed E-state index contributed by atoms with van der Waals surface area (Å²) in [4.78, 5) is 48.7. The molecule has 12 heteroatoms. The van der Waals surface area contributed by atoms with E-state index in [4.69, 9.17) is 16.3 Å². The number of rotatable bonds is 6. The molecule has 0 spiro atoms. The third-order valence-electron chi connectivity index (χ3n) is 4.24. The van der Waals surface area contributed by atoms with Gasteiger partial charge >= 0.3 is 11.9 Å². The van der Waals surface area contributed by atoms with Crippen LogP contribution in [0.1, 0.15) is 24.3 Å². The van der Waals surface area contributed by atoms with Crippen LogP contribution in [0.4, 0.5) is 0 Å². The number of hydrogen-bond acceptors (Lipinski definition) is 7. The van der Waals surface area contributed by atoms with Gasteiger partial charge in [-0.05, 0) is 6.92 Å². The van der Waals surface area contributed by atoms with Crippen LogP contribution >= 0.6 is 23.4 Å². The highest BCUT2D eigenvalue weighted by Crippen LogP contribution is 2.40. The molecule has 2 atom stereocenters. The van der Waals surface area contributed by atoms with Gasteiger partial charge < -0.3 is 15.2 Å². The van der Waals surface area contributed by atoms with Gasteiger partial charge in [0.05, 0.1) is 5.02 Å². The molecule has 2 aliphatic rings. The molecule has 2 N–H and O–H groups in total. The molecule has 2 aliphatic heterocycles. The Morgan fingerprint density at radius 1 is 1.46 bits per heavy atom. The summed E-state index contributed by atoms with van der Waals surface area (Å²) in [6.07, 6.45) is 1.51. The smallest absolute Gasteiger partial charge is 0.352 e. The maximum absolute atomic E-state index is 12.5. The summed E-state index contributed by atoms with van der Waals surface area (Å²) in [5.74, 6) is -2.76. The number of amides is 2. The fourth-order valence-electron chi connectivity index (χ4n) is 2.91. The van der Waals surface area contributed by atoms with Crippen LogP contribution in [-0.2, 0) is 25.7 Å². The normalized spacial score (nSPS) is 21.1. The van der Waals surface area contributed by atoms with Crippen LogP contribution in [0.3, 0.4) is 0 Å². The van der Waals surface area contributed by atoms with E-state index >= 15 is 0 Å². The number of carboxylic acids is 1. The second-order valence-electron chi connectivity index (χ2n) is 6.08. The second-order valence-corrected chi connectivity index (χ2v) is 7.59. The maximum Gasteiger partial charge on any atom is 0.352 e. The molecule has 10 nitrogen and oxygen atoms in total. The summed E-state index contributed by atoms with van der Waals surface area (Å²) in [6, 6.07) is -0.898. The Morgan fingerprint density at radius 3 is 2.75 bits per heavy atom. The van der Waals surface area contributed by atoms with E-state index in [0.717, 1.165) is 4.90 Å². The van der Waals surface area contributed by atoms with Gasteiger partial charge in [0.15, 0.2) is 5.69 Å². The second kappa shape index (κ2) is 7.84. The van der Waals surface area contributed by atoms with Crippen molar-refractivity contribution in [2.24, 2.45) is 0 Å². The fourth-order valence-corrected chi connectivity index (χ4v) is 4.47. The number of aliphatic carboxylic acids is 1. The number of carboxylic acid groups (broad SMARTS) is 1. The molecule has 0 aliphatic carbocycles. The number of thioether (sulfide) groups is 1. The minimum absolute atomic E-state index is 0.000114. The number of ether oxygens (including phenoxy) is 1. The lowest BCUT2D eigenvalue weighted by atomic mass is 10.0. The van der Waals surface area contributed by atoms with Crippen LogP contribution in [0.15, 0.2) is 17.5 Å². The Balaban J connectivity index is 1.76. The first-order valence-electron chi connectivity index (χ1n) is 8.31. The Kier molecular flexibility index (Phi) is 5.66. The van der Waals surface area contributed by atoms with Crippen molar-refractivity contribution in [3.8, 4) is 0 Å². The molecule has 3 rings (SSSR count). The predicted octanol–water partition coefficient (Wildman–Crippen LogP) is 0.472. The molecule has 1 aromatic heterocycles. The third-order valence-corrected chi connectivity index (χ3v) is 5.86. The number of carbonyl (C=O) groups is 4. The van der Waals surface area contributed by atoms with Gasteiger partial charge in [0, 0.05) is 31.0 Å². The lowest BCUT2D eigenvalue weighted by molar-refractivity contribution is -0.149. The number of halogens is 1. The Hall–Kier alpha value is -2.53. The number of esters is 1. The van der Waals surface area contributed by atoms with Crippen LogP contribution in [0.5, 0.6) is 0 Å².